The Labute approximate surface area is 112 Å². The second kappa shape index (κ2) is 7.10. The zero-order valence-corrected chi connectivity index (χ0v) is 10.9. The van der Waals surface area contributed by atoms with E-state index in [1.807, 2.05) is 31.2 Å². The summed E-state index contributed by atoms with van der Waals surface area (Å²) in [6.45, 7) is 3.43. The van der Waals surface area contributed by atoms with Crippen LogP contribution in [0.25, 0.3) is 11.4 Å². The molecule has 1 aromatic heterocycles. The third kappa shape index (κ3) is 3.53. The first kappa shape index (κ1) is 14.6. The van der Waals surface area contributed by atoms with Gasteiger partial charge in [0.2, 0.25) is 5.82 Å². The van der Waals surface area contributed by atoms with Gasteiger partial charge in [-0.1, -0.05) is 29.4 Å². The van der Waals surface area contributed by atoms with Crippen LogP contribution in [0.1, 0.15) is 18.4 Å². The van der Waals surface area contributed by atoms with Gasteiger partial charge in [-0.2, -0.15) is 4.98 Å². The number of nitrogens with zero attached hydrogens (tertiary/aromatic N) is 2. The highest BCUT2D eigenvalue weighted by molar-refractivity contribution is 5.85. The molecule has 0 spiro atoms. The molecule has 0 radical (unpaired) electrons. The van der Waals surface area contributed by atoms with Crippen molar-refractivity contribution in [2.45, 2.75) is 20.1 Å². The molecule has 0 amide bonds. The first-order valence-corrected chi connectivity index (χ1v) is 5.53. The van der Waals surface area contributed by atoms with Crippen molar-refractivity contribution in [3.8, 4) is 11.4 Å². The maximum absolute atomic E-state index is 5.53. The third-order valence-corrected chi connectivity index (χ3v) is 2.35. The molecule has 0 aliphatic heterocycles. The highest BCUT2D eigenvalue weighted by atomic mass is 35.5. The SMILES string of the molecule is CCOCc1nc(-c2ccc(CN)cc2)no1.Cl. The molecule has 0 atom stereocenters. The topological polar surface area (TPSA) is 74.2 Å². The second-order valence-corrected chi connectivity index (χ2v) is 3.55. The molecule has 2 N–H and O–H groups in total. The number of ether oxygens (including phenoxy) is 1. The predicted molar refractivity (Wildman–Crippen MR) is 70.2 cm³/mol. The minimum atomic E-state index is 0. The van der Waals surface area contributed by atoms with Crippen LogP contribution in [0.5, 0.6) is 0 Å². The third-order valence-electron chi connectivity index (χ3n) is 2.35. The van der Waals surface area contributed by atoms with E-state index < -0.39 is 0 Å². The molecule has 2 rings (SSSR count). The first-order valence-electron chi connectivity index (χ1n) is 5.53. The van der Waals surface area contributed by atoms with E-state index in [4.69, 9.17) is 15.0 Å². The predicted octanol–water partition coefficient (Wildman–Crippen LogP) is 2.15. The second-order valence-electron chi connectivity index (χ2n) is 3.55. The Balaban J connectivity index is 0.00000162. The Hall–Kier alpha value is -1.43. The summed E-state index contributed by atoms with van der Waals surface area (Å²) in [4.78, 5) is 4.24. The van der Waals surface area contributed by atoms with Gasteiger partial charge in [0, 0.05) is 18.7 Å². The highest BCUT2D eigenvalue weighted by Gasteiger charge is 2.08. The monoisotopic (exact) mass is 269 g/mol. The van der Waals surface area contributed by atoms with Crippen LogP contribution in [0.2, 0.25) is 0 Å². The lowest BCUT2D eigenvalue weighted by molar-refractivity contribution is 0.109. The standard InChI is InChI=1S/C12H15N3O2.ClH/c1-2-16-8-11-14-12(15-17-11)10-5-3-9(7-13)4-6-10;/h3-6H,2,7-8,13H2,1H3;1H. The van der Waals surface area contributed by atoms with Crippen molar-refractivity contribution >= 4 is 12.4 Å². The zero-order chi connectivity index (χ0) is 12.1. The normalized spacial score (nSPS) is 10.1. The van der Waals surface area contributed by atoms with Crippen LogP contribution in [0.3, 0.4) is 0 Å². The number of nitrogens with two attached hydrogens (primary N) is 1. The molecule has 2 aromatic rings. The average Bonchev–Trinajstić information content (AvgIpc) is 2.85. The van der Waals surface area contributed by atoms with Crippen molar-refractivity contribution in [1.82, 2.24) is 10.1 Å². The zero-order valence-electron chi connectivity index (χ0n) is 10.1. The van der Waals surface area contributed by atoms with Crippen LogP contribution < -0.4 is 5.73 Å². The molecular weight excluding hydrogens is 254 g/mol. The number of hydrogen-bond donors (Lipinski definition) is 1. The summed E-state index contributed by atoms with van der Waals surface area (Å²) >= 11 is 0. The molecule has 0 aliphatic carbocycles. The molecule has 0 aliphatic rings. The van der Waals surface area contributed by atoms with Gasteiger partial charge in [0.1, 0.15) is 6.61 Å². The van der Waals surface area contributed by atoms with E-state index in [-0.39, 0.29) is 12.4 Å². The van der Waals surface area contributed by atoms with Gasteiger partial charge in [-0.25, -0.2) is 0 Å². The van der Waals surface area contributed by atoms with Gasteiger partial charge >= 0.3 is 0 Å². The summed E-state index contributed by atoms with van der Waals surface area (Å²) in [6.07, 6.45) is 0. The van der Waals surface area contributed by atoms with Gasteiger partial charge in [0.25, 0.3) is 5.89 Å². The Morgan fingerprint density at radius 3 is 2.61 bits per heavy atom. The molecule has 18 heavy (non-hydrogen) atoms. The van der Waals surface area contributed by atoms with E-state index >= 15 is 0 Å². The molecule has 0 saturated carbocycles. The van der Waals surface area contributed by atoms with Crippen molar-refractivity contribution in [3.05, 3.63) is 35.7 Å². The van der Waals surface area contributed by atoms with Crippen LogP contribution in [0, 0.1) is 0 Å². The highest BCUT2D eigenvalue weighted by Crippen LogP contribution is 2.16. The molecule has 0 bridgehead atoms. The van der Waals surface area contributed by atoms with E-state index in [0.717, 1.165) is 11.1 Å². The molecule has 5 nitrogen and oxygen atoms in total. The van der Waals surface area contributed by atoms with Crippen molar-refractivity contribution < 1.29 is 9.26 Å². The summed E-state index contributed by atoms with van der Waals surface area (Å²) in [5.74, 6) is 1.06. The van der Waals surface area contributed by atoms with E-state index in [9.17, 15) is 0 Å². The number of rotatable bonds is 5. The van der Waals surface area contributed by atoms with Gasteiger partial charge < -0.3 is 15.0 Å². The minimum Gasteiger partial charge on any atom is -0.372 e. The largest absolute Gasteiger partial charge is 0.372 e. The molecule has 6 heteroatoms. The summed E-state index contributed by atoms with van der Waals surface area (Å²) < 4.78 is 10.3. The molecule has 1 heterocycles. The minimum absolute atomic E-state index is 0. The van der Waals surface area contributed by atoms with Gasteiger partial charge in [0.15, 0.2) is 0 Å². The summed E-state index contributed by atoms with van der Waals surface area (Å²) in [7, 11) is 0. The smallest absolute Gasteiger partial charge is 0.252 e. The molecule has 0 saturated heterocycles. The van der Waals surface area contributed by atoms with Crippen molar-refractivity contribution in [1.29, 1.82) is 0 Å². The van der Waals surface area contributed by atoms with E-state index in [0.29, 0.717) is 31.5 Å². The molecule has 98 valence electrons. The summed E-state index contributed by atoms with van der Waals surface area (Å²) in [5.41, 5.74) is 7.52. The molecular formula is C12H16ClN3O2. The van der Waals surface area contributed by atoms with Crippen molar-refractivity contribution in [3.63, 3.8) is 0 Å². The molecule has 1 aromatic carbocycles. The average molecular weight is 270 g/mol. The van der Waals surface area contributed by atoms with E-state index in [2.05, 4.69) is 10.1 Å². The van der Waals surface area contributed by atoms with Gasteiger partial charge in [-0.3, -0.25) is 0 Å². The lowest BCUT2D eigenvalue weighted by Gasteiger charge is -1.97. The van der Waals surface area contributed by atoms with Crippen molar-refractivity contribution in [2.75, 3.05) is 6.61 Å². The van der Waals surface area contributed by atoms with Crippen LogP contribution in [-0.4, -0.2) is 16.7 Å². The number of hydrogen-bond acceptors (Lipinski definition) is 5. The fourth-order valence-electron chi connectivity index (χ4n) is 1.41. The number of benzene rings is 1. The van der Waals surface area contributed by atoms with E-state index in [1.165, 1.54) is 0 Å². The molecule has 0 unspecified atom stereocenters. The lowest BCUT2D eigenvalue weighted by atomic mass is 10.1. The van der Waals surface area contributed by atoms with Crippen LogP contribution in [0.15, 0.2) is 28.8 Å². The number of halogens is 1. The fraction of sp³-hybridized carbons (Fsp3) is 0.333. The van der Waals surface area contributed by atoms with Gasteiger partial charge in [0.05, 0.1) is 0 Å². The Bertz CT molecular complexity index is 470. The first-order chi connectivity index (χ1) is 8.33. The Kier molecular flexibility index (Phi) is 5.77. The lowest BCUT2D eigenvalue weighted by Crippen LogP contribution is -1.95. The quantitative estimate of drug-likeness (QED) is 0.900. The molecule has 0 fully saturated rings. The van der Waals surface area contributed by atoms with Gasteiger partial charge in [-0.15, -0.1) is 12.4 Å². The Morgan fingerprint density at radius 2 is 2.00 bits per heavy atom. The fourth-order valence-corrected chi connectivity index (χ4v) is 1.41. The van der Waals surface area contributed by atoms with E-state index in [1.54, 1.807) is 0 Å². The number of aromatic nitrogens is 2. The van der Waals surface area contributed by atoms with Crippen molar-refractivity contribution in [2.24, 2.45) is 5.73 Å². The maximum Gasteiger partial charge on any atom is 0.252 e. The summed E-state index contributed by atoms with van der Waals surface area (Å²) in [6, 6.07) is 7.76. The van der Waals surface area contributed by atoms with Crippen LogP contribution in [0.4, 0.5) is 0 Å². The van der Waals surface area contributed by atoms with Crippen LogP contribution >= 0.6 is 12.4 Å². The van der Waals surface area contributed by atoms with Gasteiger partial charge in [-0.05, 0) is 12.5 Å². The maximum atomic E-state index is 5.53. The summed E-state index contributed by atoms with van der Waals surface area (Å²) in [5, 5.41) is 3.90. The van der Waals surface area contributed by atoms with Crippen LogP contribution in [-0.2, 0) is 17.9 Å². The Morgan fingerprint density at radius 1 is 1.28 bits per heavy atom.